The maximum Gasteiger partial charge on any atom is 0.0735 e. The fourth-order valence-electron chi connectivity index (χ4n) is 2.62. The summed E-state index contributed by atoms with van der Waals surface area (Å²) < 4.78 is 0. The maximum absolute atomic E-state index is 5.70. The second kappa shape index (κ2) is 7.03. The van der Waals surface area contributed by atoms with Gasteiger partial charge in [-0.25, -0.2) is 0 Å². The van der Waals surface area contributed by atoms with Crippen molar-refractivity contribution in [1.82, 2.24) is 10.2 Å². The summed E-state index contributed by atoms with van der Waals surface area (Å²) in [6.07, 6.45) is 8.13. The topological polar surface area (TPSA) is 15.3 Å². The van der Waals surface area contributed by atoms with Crippen molar-refractivity contribution in [3.63, 3.8) is 0 Å². The van der Waals surface area contributed by atoms with Crippen molar-refractivity contribution in [3.05, 3.63) is 0 Å². The van der Waals surface area contributed by atoms with Gasteiger partial charge >= 0.3 is 0 Å². The van der Waals surface area contributed by atoms with E-state index in [4.69, 9.17) is 6.42 Å². The van der Waals surface area contributed by atoms with Gasteiger partial charge in [-0.1, -0.05) is 40.0 Å². The van der Waals surface area contributed by atoms with Gasteiger partial charge in [0, 0.05) is 19.1 Å². The van der Waals surface area contributed by atoms with E-state index in [1.54, 1.807) is 0 Å². The molecule has 0 bridgehead atoms. The van der Waals surface area contributed by atoms with Crippen LogP contribution in [0.1, 0.15) is 40.5 Å². The molecule has 98 valence electrons. The molecule has 1 heterocycles. The van der Waals surface area contributed by atoms with Crippen molar-refractivity contribution < 1.29 is 0 Å². The quantitative estimate of drug-likeness (QED) is 0.754. The highest BCUT2D eigenvalue weighted by Crippen LogP contribution is 2.17. The van der Waals surface area contributed by atoms with Crippen molar-refractivity contribution in [3.8, 4) is 12.3 Å². The third kappa shape index (κ3) is 4.01. The van der Waals surface area contributed by atoms with Gasteiger partial charge in [0.05, 0.1) is 6.04 Å². The number of nitrogens with one attached hydrogen (secondary N) is 1. The minimum atomic E-state index is 0.293. The van der Waals surface area contributed by atoms with Gasteiger partial charge in [-0.05, 0) is 24.8 Å². The van der Waals surface area contributed by atoms with Crippen molar-refractivity contribution in [2.75, 3.05) is 19.6 Å². The molecule has 1 aliphatic rings. The minimum absolute atomic E-state index is 0.293. The van der Waals surface area contributed by atoms with Crippen LogP contribution >= 0.6 is 0 Å². The summed E-state index contributed by atoms with van der Waals surface area (Å²) in [5.74, 6) is 4.24. The molecular weight excluding hydrogens is 208 g/mol. The van der Waals surface area contributed by atoms with Crippen LogP contribution < -0.4 is 5.32 Å². The molecule has 3 unspecified atom stereocenters. The van der Waals surface area contributed by atoms with Crippen LogP contribution in [0.15, 0.2) is 0 Å². The Hall–Kier alpha value is -0.520. The maximum atomic E-state index is 5.70. The van der Waals surface area contributed by atoms with Crippen molar-refractivity contribution in [2.24, 2.45) is 11.8 Å². The van der Waals surface area contributed by atoms with Crippen LogP contribution in [0.4, 0.5) is 0 Å². The molecule has 3 atom stereocenters. The number of rotatable bonds is 4. The van der Waals surface area contributed by atoms with E-state index < -0.39 is 0 Å². The van der Waals surface area contributed by atoms with Gasteiger partial charge in [0.15, 0.2) is 0 Å². The standard InChI is InChI=1S/C15H28N2/c1-6-13(5)14-11-17(10-8-9-16-14)15(7-2)12(3)4/h2,12-16H,6,8-11H2,1,3-5H3. The summed E-state index contributed by atoms with van der Waals surface area (Å²) in [6.45, 7) is 12.4. The molecule has 0 saturated carbocycles. The Balaban J connectivity index is 2.68. The predicted molar refractivity (Wildman–Crippen MR) is 74.9 cm³/mol. The molecule has 17 heavy (non-hydrogen) atoms. The Morgan fingerprint density at radius 3 is 2.65 bits per heavy atom. The Morgan fingerprint density at radius 2 is 2.12 bits per heavy atom. The molecule has 1 fully saturated rings. The predicted octanol–water partition coefficient (Wildman–Crippen LogP) is 2.35. The monoisotopic (exact) mass is 236 g/mol. The number of terminal acetylenes is 1. The number of hydrogen-bond donors (Lipinski definition) is 1. The molecule has 0 radical (unpaired) electrons. The largest absolute Gasteiger partial charge is 0.312 e. The van der Waals surface area contributed by atoms with Crippen LogP contribution in [-0.4, -0.2) is 36.6 Å². The zero-order valence-corrected chi connectivity index (χ0v) is 11.9. The molecule has 0 spiro atoms. The number of hydrogen-bond acceptors (Lipinski definition) is 2. The van der Waals surface area contributed by atoms with E-state index in [-0.39, 0.29) is 0 Å². The van der Waals surface area contributed by atoms with Gasteiger partial charge < -0.3 is 5.32 Å². The minimum Gasteiger partial charge on any atom is -0.312 e. The first-order valence-electron chi connectivity index (χ1n) is 7.03. The average Bonchev–Trinajstić information content (AvgIpc) is 2.54. The van der Waals surface area contributed by atoms with Crippen molar-refractivity contribution in [2.45, 2.75) is 52.6 Å². The van der Waals surface area contributed by atoms with Crippen LogP contribution in [-0.2, 0) is 0 Å². The van der Waals surface area contributed by atoms with E-state index in [1.165, 1.54) is 12.8 Å². The first kappa shape index (κ1) is 14.5. The fraction of sp³-hybridized carbons (Fsp3) is 0.867. The third-order valence-electron chi connectivity index (χ3n) is 3.99. The second-order valence-corrected chi connectivity index (χ2v) is 5.65. The molecule has 1 N–H and O–H groups in total. The lowest BCUT2D eigenvalue weighted by molar-refractivity contribution is 0.178. The molecular formula is C15H28N2. The van der Waals surface area contributed by atoms with Gasteiger partial charge in [-0.2, -0.15) is 0 Å². The fourth-order valence-corrected chi connectivity index (χ4v) is 2.62. The van der Waals surface area contributed by atoms with Gasteiger partial charge in [-0.3, -0.25) is 4.90 Å². The van der Waals surface area contributed by atoms with Crippen LogP contribution in [0.3, 0.4) is 0 Å². The van der Waals surface area contributed by atoms with E-state index in [9.17, 15) is 0 Å². The number of nitrogens with zero attached hydrogens (tertiary/aromatic N) is 1. The Bertz CT molecular complexity index is 254. The first-order chi connectivity index (χ1) is 8.10. The van der Waals surface area contributed by atoms with E-state index >= 15 is 0 Å². The van der Waals surface area contributed by atoms with Crippen LogP contribution in [0.2, 0.25) is 0 Å². The Kier molecular flexibility index (Phi) is 6.02. The van der Waals surface area contributed by atoms with Gasteiger partial charge in [0.2, 0.25) is 0 Å². The van der Waals surface area contributed by atoms with E-state index in [0.29, 0.717) is 18.0 Å². The molecule has 0 aromatic rings. The summed E-state index contributed by atoms with van der Waals surface area (Å²) >= 11 is 0. The Morgan fingerprint density at radius 1 is 1.41 bits per heavy atom. The van der Waals surface area contributed by atoms with Crippen LogP contribution in [0.5, 0.6) is 0 Å². The summed E-state index contributed by atoms with van der Waals surface area (Å²) in [5.41, 5.74) is 0. The highest BCUT2D eigenvalue weighted by atomic mass is 15.2. The van der Waals surface area contributed by atoms with Crippen molar-refractivity contribution >= 4 is 0 Å². The zero-order chi connectivity index (χ0) is 12.8. The van der Waals surface area contributed by atoms with E-state index in [1.807, 2.05) is 0 Å². The zero-order valence-electron chi connectivity index (χ0n) is 11.9. The van der Waals surface area contributed by atoms with Crippen LogP contribution in [0, 0.1) is 24.2 Å². The van der Waals surface area contributed by atoms with Crippen molar-refractivity contribution in [1.29, 1.82) is 0 Å². The van der Waals surface area contributed by atoms with E-state index in [2.05, 4.69) is 43.8 Å². The Labute approximate surface area is 107 Å². The molecule has 0 amide bonds. The molecule has 0 aliphatic carbocycles. The second-order valence-electron chi connectivity index (χ2n) is 5.65. The van der Waals surface area contributed by atoms with Gasteiger partial charge in [0.25, 0.3) is 0 Å². The molecule has 1 rings (SSSR count). The lowest BCUT2D eigenvalue weighted by Crippen LogP contribution is -2.46. The van der Waals surface area contributed by atoms with Gasteiger partial charge in [-0.15, -0.1) is 6.42 Å². The van der Waals surface area contributed by atoms with Gasteiger partial charge in [0.1, 0.15) is 0 Å². The van der Waals surface area contributed by atoms with Crippen LogP contribution in [0.25, 0.3) is 0 Å². The molecule has 2 heteroatoms. The average molecular weight is 236 g/mol. The highest BCUT2D eigenvalue weighted by molar-refractivity contribution is 5.03. The molecule has 0 aromatic carbocycles. The normalized spacial score (nSPS) is 26.2. The molecule has 0 aromatic heterocycles. The lowest BCUT2D eigenvalue weighted by Gasteiger charge is -2.33. The summed E-state index contributed by atoms with van der Waals surface area (Å²) in [5, 5.41) is 3.67. The third-order valence-corrected chi connectivity index (χ3v) is 3.99. The first-order valence-corrected chi connectivity index (χ1v) is 7.03. The molecule has 2 nitrogen and oxygen atoms in total. The van der Waals surface area contributed by atoms with E-state index in [0.717, 1.165) is 25.6 Å². The summed E-state index contributed by atoms with van der Waals surface area (Å²) in [4.78, 5) is 2.50. The molecule has 1 aliphatic heterocycles. The molecule has 1 saturated heterocycles. The highest BCUT2D eigenvalue weighted by Gasteiger charge is 2.26. The lowest BCUT2D eigenvalue weighted by atomic mass is 9.97. The summed E-state index contributed by atoms with van der Waals surface area (Å²) in [7, 11) is 0. The summed E-state index contributed by atoms with van der Waals surface area (Å²) in [6, 6.07) is 0.888. The smallest absolute Gasteiger partial charge is 0.0735 e. The SMILES string of the molecule is C#CC(C(C)C)N1CCCNC(C(C)CC)C1.